The van der Waals surface area contributed by atoms with Gasteiger partial charge in [0, 0.05) is 29.3 Å². The highest BCUT2D eigenvalue weighted by Crippen LogP contribution is 2.25. The van der Waals surface area contributed by atoms with E-state index in [1.165, 1.54) is 25.2 Å². The summed E-state index contributed by atoms with van der Waals surface area (Å²) >= 11 is 5.90. The summed E-state index contributed by atoms with van der Waals surface area (Å²) in [6, 6.07) is 12.3. The second-order valence-electron chi connectivity index (χ2n) is 5.84. The van der Waals surface area contributed by atoms with E-state index in [0.717, 1.165) is 5.56 Å². The summed E-state index contributed by atoms with van der Waals surface area (Å²) in [7, 11) is 4.39. The number of benzene rings is 2. The third-order valence-corrected chi connectivity index (χ3v) is 4.24. The molecule has 0 unspecified atom stereocenters. The lowest BCUT2D eigenvalue weighted by Crippen LogP contribution is -2.34. The van der Waals surface area contributed by atoms with E-state index in [1.807, 2.05) is 0 Å². The third-order valence-electron chi connectivity index (χ3n) is 3.99. The maximum absolute atomic E-state index is 12.7. The van der Waals surface area contributed by atoms with Crippen molar-refractivity contribution in [1.82, 2.24) is 4.90 Å². The molecular formula is C21H22ClNO5. The van der Waals surface area contributed by atoms with Crippen molar-refractivity contribution < 1.29 is 23.8 Å². The minimum Gasteiger partial charge on any atom is -0.497 e. The Morgan fingerprint density at radius 1 is 1.04 bits per heavy atom. The number of carbonyl (C=O) groups is 2. The molecule has 2 rings (SSSR count). The Morgan fingerprint density at radius 2 is 1.75 bits per heavy atom. The molecule has 0 radical (unpaired) electrons. The Bertz CT molecular complexity index is 848. The van der Waals surface area contributed by atoms with Crippen LogP contribution in [0.25, 0.3) is 6.08 Å². The molecule has 0 spiro atoms. The van der Waals surface area contributed by atoms with Crippen LogP contribution in [-0.2, 0) is 20.9 Å². The third kappa shape index (κ3) is 6.03. The normalized spacial score (nSPS) is 10.6. The molecule has 0 aliphatic rings. The zero-order valence-electron chi connectivity index (χ0n) is 16.0. The Morgan fingerprint density at radius 3 is 2.36 bits per heavy atom. The average Bonchev–Trinajstić information content (AvgIpc) is 2.72. The molecule has 0 aliphatic carbocycles. The van der Waals surface area contributed by atoms with Crippen molar-refractivity contribution in [2.24, 2.45) is 0 Å². The summed E-state index contributed by atoms with van der Waals surface area (Å²) in [5.41, 5.74) is 1.55. The summed E-state index contributed by atoms with van der Waals surface area (Å²) in [4.78, 5) is 25.8. The van der Waals surface area contributed by atoms with Crippen LogP contribution in [-0.4, -0.2) is 44.7 Å². The number of esters is 1. The SMILES string of the molecule is COC(=O)CN(Cc1ccc(Cl)cc1)C(=O)/C=C/c1ccc(OC)cc1OC. The summed E-state index contributed by atoms with van der Waals surface area (Å²) in [5.74, 6) is 0.381. The molecule has 2 aromatic rings. The monoisotopic (exact) mass is 403 g/mol. The second-order valence-corrected chi connectivity index (χ2v) is 6.27. The van der Waals surface area contributed by atoms with Gasteiger partial charge < -0.3 is 19.1 Å². The van der Waals surface area contributed by atoms with Crippen LogP contribution in [0.15, 0.2) is 48.5 Å². The van der Waals surface area contributed by atoms with E-state index in [-0.39, 0.29) is 19.0 Å². The zero-order chi connectivity index (χ0) is 20.5. The molecule has 7 heteroatoms. The van der Waals surface area contributed by atoms with Crippen LogP contribution in [0.2, 0.25) is 5.02 Å². The van der Waals surface area contributed by atoms with Gasteiger partial charge in [-0.05, 0) is 35.9 Å². The predicted molar refractivity (Wildman–Crippen MR) is 107 cm³/mol. The molecule has 0 saturated carbocycles. The number of rotatable bonds is 8. The molecule has 0 bridgehead atoms. The van der Waals surface area contributed by atoms with E-state index >= 15 is 0 Å². The van der Waals surface area contributed by atoms with Crippen molar-refractivity contribution in [2.45, 2.75) is 6.54 Å². The quantitative estimate of drug-likeness (QED) is 0.498. The standard InChI is InChI=1S/C21H22ClNO5/c1-26-18-10-6-16(19(12-18)27-2)7-11-20(24)23(14-21(25)28-3)13-15-4-8-17(22)9-5-15/h4-12H,13-14H2,1-3H3/b11-7+. The Labute approximate surface area is 169 Å². The highest BCUT2D eigenvalue weighted by molar-refractivity contribution is 6.30. The first-order valence-electron chi connectivity index (χ1n) is 8.47. The first-order chi connectivity index (χ1) is 13.5. The lowest BCUT2D eigenvalue weighted by atomic mass is 10.1. The van der Waals surface area contributed by atoms with Crippen LogP contribution in [0, 0.1) is 0 Å². The zero-order valence-corrected chi connectivity index (χ0v) is 16.7. The minimum absolute atomic E-state index is 0.165. The Balaban J connectivity index is 2.20. The van der Waals surface area contributed by atoms with Crippen LogP contribution in [0.5, 0.6) is 11.5 Å². The number of ether oxygens (including phenoxy) is 3. The van der Waals surface area contributed by atoms with Gasteiger partial charge in [0.25, 0.3) is 0 Å². The van der Waals surface area contributed by atoms with Crippen LogP contribution >= 0.6 is 11.6 Å². The van der Waals surface area contributed by atoms with Crippen molar-refractivity contribution in [3.8, 4) is 11.5 Å². The molecule has 0 aromatic heterocycles. The second kappa shape index (κ2) is 10.4. The fourth-order valence-electron chi connectivity index (χ4n) is 2.46. The van der Waals surface area contributed by atoms with Gasteiger partial charge in [-0.3, -0.25) is 9.59 Å². The molecule has 0 aliphatic heterocycles. The summed E-state index contributed by atoms with van der Waals surface area (Å²) in [6.45, 7) is 0.0806. The number of hydrogen-bond acceptors (Lipinski definition) is 5. The summed E-state index contributed by atoms with van der Waals surface area (Å²) in [6.07, 6.45) is 3.02. The molecule has 2 aromatic carbocycles. The van der Waals surface area contributed by atoms with Gasteiger partial charge in [-0.15, -0.1) is 0 Å². The van der Waals surface area contributed by atoms with Gasteiger partial charge >= 0.3 is 5.97 Å². The number of methoxy groups -OCH3 is 3. The van der Waals surface area contributed by atoms with Crippen LogP contribution < -0.4 is 9.47 Å². The topological polar surface area (TPSA) is 65.1 Å². The summed E-state index contributed by atoms with van der Waals surface area (Å²) in [5, 5.41) is 0.598. The molecule has 0 fully saturated rings. The molecule has 148 valence electrons. The van der Waals surface area contributed by atoms with Gasteiger partial charge in [-0.2, -0.15) is 0 Å². The van der Waals surface area contributed by atoms with E-state index in [2.05, 4.69) is 0 Å². The van der Waals surface area contributed by atoms with E-state index in [1.54, 1.807) is 55.7 Å². The van der Waals surface area contributed by atoms with Crippen LogP contribution in [0.3, 0.4) is 0 Å². The van der Waals surface area contributed by atoms with E-state index in [4.69, 9.17) is 25.8 Å². The minimum atomic E-state index is -0.502. The molecule has 6 nitrogen and oxygen atoms in total. The maximum Gasteiger partial charge on any atom is 0.325 e. The summed E-state index contributed by atoms with van der Waals surface area (Å²) < 4.78 is 15.2. The fourth-order valence-corrected chi connectivity index (χ4v) is 2.59. The van der Waals surface area contributed by atoms with Crippen LogP contribution in [0.1, 0.15) is 11.1 Å². The molecule has 0 saturated heterocycles. The van der Waals surface area contributed by atoms with Gasteiger partial charge in [-0.1, -0.05) is 23.7 Å². The predicted octanol–water partition coefficient (Wildman–Crippen LogP) is 3.57. The fraction of sp³-hybridized carbons (Fsp3) is 0.238. The Kier molecular flexibility index (Phi) is 7.89. The largest absolute Gasteiger partial charge is 0.497 e. The van der Waals surface area contributed by atoms with Crippen molar-refractivity contribution in [2.75, 3.05) is 27.9 Å². The molecule has 0 atom stereocenters. The van der Waals surface area contributed by atoms with E-state index < -0.39 is 5.97 Å². The van der Waals surface area contributed by atoms with Crippen molar-refractivity contribution >= 4 is 29.6 Å². The van der Waals surface area contributed by atoms with Gasteiger partial charge in [0.15, 0.2) is 0 Å². The number of hydrogen-bond donors (Lipinski definition) is 0. The number of carbonyl (C=O) groups excluding carboxylic acids is 2. The van der Waals surface area contributed by atoms with Gasteiger partial charge in [0.1, 0.15) is 18.0 Å². The first-order valence-corrected chi connectivity index (χ1v) is 8.85. The van der Waals surface area contributed by atoms with Gasteiger partial charge in [0.2, 0.25) is 5.91 Å². The highest BCUT2D eigenvalue weighted by atomic mass is 35.5. The lowest BCUT2D eigenvalue weighted by Gasteiger charge is -2.20. The van der Waals surface area contributed by atoms with Crippen molar-refractivity contribution in [3.63, 3.8) is 0 Å². The molecule has 1 amide bonds. The van der Waals surface area contributed by atoms with Gasteiger partial charge in [-0.25, -0.2) is 0 Å². The van der Waals surface area contributed by atoms with Crippen LogP contribution in [0.4, 0.5) is 0 Å². The molecule has 0 N–H and O–H groups in total. The molecule has 28 heavy (non-hydrogen) atoms. The number of halogens is 1. The number of amides is 1. The smallest absolute Gasteiger partial charge is 0.325 e. The first kappa shape index (κ1) is 21.3. The Hall–Kier alpha value is -2.99. The lowest BCUT2D eigenvalue weighted by molar-refractivity contribution is -0.145. The maximum atomic E-state index is 12.7. The molecule has 0 heterocycles. The van der Waals surface area contributed by atoms with Crippen molar-refractivity contribution in [1.29, 1.82) is 0 Å². The average molecular weight is 404 g/mol. The van der Waals surface area contributed by atoms with Crippen molar-refractivity contribution in [3.05, 3.63) is 64.7 Å². The number of nitrogens with zero attached hydrogens (tertiary/aromatic N) is 1. The highest BCUT2D eigenvalue weighted by Gasteiger charge is 2.16. The molecular weight excluding hydrogens is 382 g/mol. The van der Waals surface area contributed by atoms with Gasteiger partial charge in [0.05, 0.1) is 21.3 Å². The van der Waals surface area contributed by atoms with E-state index in [0.29, 0.717) is 22.1 Å². The van der Waals surface area contributed by atoms with E-state index in [9.17, 15) is 9.59 Å².